The monoisotopic (exact) mass is 323 g/mol. The molecule has 5 atom stereocenters. The third-order valence-corrected chi connectivity index (χ3v) is 7.72. The van der Waals surface area contributed by atoms with Gasteiger partial charge in [0.1, 0.15) is 11.6 Å². The van der Waals surface area contributed by atoms with Crippen molar-refractivity contribution in [1.29, 1.82) is 5.26 Å². The van der Waals surface area contributed by atoms with Crippen LogP contribution in [0, 0.1) is 39.9 Å². The summed E-state index contributed by atoms with van der Waals surface area (Å²) in [5.74, 6) is 1.64. The molecule has 126 valence electrons. The van der Waals surface area contributed by atoms with Gasteiger partial charge in [0, 0.05) is 31.3 Å². The zero-order valence-corrected chi connectivity index (χ0v) is 14.6. The summed E-state index contributed by atoms with van der Waals surface area (Å²) in [4.78, 5) is 25.1. The van der Waals surface area contributed by atoms with Gasteiger partial charge in [-0.25, -0.2) is 0 Å². The fourth-order valence-corrected chi connectivity index (χ4v) is 6.47. The molecular formula is C21H25NO2. The van der Waals surface area contributed by atoms with E-state index in [0.29, 0.717) is 42.7 Å². The van der Waals surface area contributed by atoms with Crippen LogP contribution in [0.4, 0.5) is 0 Å². The Bertz CT molecular complexity index is 725. The van der Waals surface area contributed by atoms with Crippen molar-refractivity contribution in [3.63, 3.8) is 0 Å². The number of carbonyl (C=O) groups is 2. The number of fused-ring (bicyclic) bond motifs is 5. The third kappa shape index (κ3) is 1.95. The molecule has 0 saturated heterocycles. The normalized spacial score (nSPS) is 46.0. The minimum atomic E-state index is -0.125. The fraction of sp³-hybridized carbons (Fsp3) is 0.667. The van der Waals surface area contributed by atoms with E-state index in [2.05, 4.69) is 26.0 Å². The summed E-state index contributed by atoms with van der Waals surface area (Å²) in [6.45, 7) is 4.43. The number of allylic oxidation sites excluding steroid dienone is 4. The van der Waals surface area contributed by atoms with E-state index in [1.54, 1.807) is 6.08 Å². The van der Waals surface area contributed by atoms with Crippen molar-refractivity contribution in [2.45, 2.75) is 58.8 Å². The van der Waals surface area contributed by atoms with E-state index in [9.17, 15) is 9.59 Å². The van der Waals surface area contributed by atoms with E-state index in [0.717, 1.165) is 25.7 Å². The van der Waals surface area contributed by atoms with Gasteiger partial charge >= 0.3 is 0 Å². The van der Waals surface area contributed by atoms with Crippen LogP contribution in [-0.2, 0) is 9.59 Å². The van der Waals surface area contributed by atoms with Crippen molar-refractivity contribution in [3.8, 4) is 6.07 Å². The van der Waals surface area contributed by atoms with Gasteiger partial charge in [-0.05, 0) is 48.3 Å². The zero-order valence-electron chi connectivity index (χ0n) is 14.6. The molecule has 0 amide bonds. The average molecular weight is 323 g/mol. The Morgan fingerprint density at radius 3 is 2.79 bits per heavy atom. The van der Waals surface area contributed by atoms with E-state index in [4.69, 9.17) is 5.26 Å². The number of nitrogens with zero attached hydrogens (tertiary/aromatic N) is 1. The Labute approximate surface area is 143 Å². The van der Waals surface area contributed by atoms with Gasteiger partial charge in [0.05, 0.1) is 6.07 Å². The van der Waals surface area contributed by atoms with Crippen molar-refractivity contribution in [2.24, 2.45) is 28.6 Å². The second-order valence-corrected chi connectivity index (χ2v) is 8.74. The van der Waals surface area contributed by atoms with Gasteiger partial charge in [-0.2, -0.15) is 5.26 Å². The third-order valence-electron chi connectivity index (χ3n) is 7.72. The van der Waals surface area contributed by atoms with E-state index >= 15 is 0 Å². The van der Waals surface area contributed by atoms with Crippen LogP contribution >= 0.6 is 0 Å². The van der Waals surface area contributed by atoms with Crippen LogP contribution < -0.4 is 0 Å². The van der Waals surface area contributed by atoms with Gasteiger partial charge in [-0.15, -0.1) is 0 Å². The SMILES string of the molecule is CC12CCC(=O)CC1=CC[C@@H]1[C@@H]2C(=O)C[C@]2(C)/C(=C\C#N)CC[C@@H]12. The molecule has 0 aromatic rings. The fourth-order valence-electron chi connectivity index (χ4n) is 6.47. The maximum absolute atomic E-state index is 13.2. The second kappa shape index (κ2) is 5.15. The molecule has 4 aliphatic rings. The predicted octanol–water partition coefficient (Wildman–Crippen LogP) is 4.15. The van der Waals surface area contributed by atoms with Gasteiger partial charge in [0.15, 0.2) is 0 Å². The molecule has 3 saturated carbocycles. The summed E-state index contributed by atoms with van der Waals surface area (Å²) in [5, 5.41) is 9.10. The second-order valence-electron chi connectivity index (χ2n) is 8.74. The number of nitriles is 1. The van der Waals surface area contributed by atoms with Crippen molar-refractivity contribution in [3.05, 3.63) is 23.3 Å². The van der Waals surface area contributed by atoms with Gasteiger partial charge < -0.3 is 0 Å². The molecule has 3 fully saturated rings. The number of carbonyl (C=O) groups excluding carboxylic acids is 2. The Morgan fingerprint density at radius 1 is 1.25 bits per heavy atom. The van der Waals surface area contributed by atoms with Crippen molar-refractivity contribution >= 4 is 11.6 Å². The van der Waals surface area contributed by atoms with Gasteiger partial charge in [-0.1, -0.05) is 31.1 Å². The van der Waals surface area contributed by atoms with Crippen LogP contribution in [-0.4, -0.2) is 11.6 Å². The van der Waals surface area contributed by atoms with Gasteiger partial charge in [0.2, 0.25) is 0 Å². The first-order chi connectivity index (χ1) is 11.4. The Balaban J connectivity index is 1.76. The van der Waals surface area contributed by atoms with Gasteiger partial charge in [-0.3, -0.25) is 9.59 Å². The first-order valence-corrected chi connectivity index (χ1v) is 9.23. The summed E-state index contributed by atoms with van der Waals surface area (Å²) in [6, 6.07) is 2.19. The Hall–Kier alpha value is -1.69. The summed E-state index contributed by atoms with van der Waals surface area (Å²) in [6.07, 6.45) is 9.52. The lowest BCUT2D eigenvalue weighted by molar-refractivity contribution is -0.142. The molecule has 4 aliphatic carbocycles. The molecule has 3 heteroatoms. The van der Waals surface area contributed by atoms with Crippen LogP contribution in [0.5, 0.6) is 0 Å². The molecule has 24 heavy (non-hydrogen) atoms. The van der Waals surface area contributed by atoms with Crippen molar-refractivity contribution < 1.29 is 9.59 Å². The van der Waals surface area contributed by atoms with Crippen LogP contribution in [0.1, 0.15) is 58.8 Å². The molecule has 0 aliphatic heterocycles. The van der Waals surface area contributed by atoms with Crippen molar-refractivity contribution in [1.82, 2.24) is 0 Å². The van der Waals surface area contributed by atoms with Crippen LogP contribution in [0.15, 0.2) is 23.3 Å². The minimum absolute atomic E-state index is 0.0742. The maximum atomic E-state index is 13.2. The lowest BCUT2D eigenvalue weighted by Gasteiger charge is -2.55. The number of Topliss-reactive ketones (excluding diaryl/α,β-unsaturated/α-hetero) is 2. The molecule has 0 aromatic carbocycles. The van der Waals surface area contributed by atoms with Crippen molar-refractivity contribution in [2.75, 3.05) is 0 Å². The van der Waals surface area contributed by atoms with E-state index in [1.807, 2.05) is 0 Å². The van der Waals surface area contributed by atoms with Crippen LogP contribution in [0.3, 0.4) is 0 Å². The Morgan fingerprint density at radius 2 is 2.04 bits per heavy atom. The highest BCUT2D eigenvalue weighted by atomic mass is 16.1. The Kier molecular flexibility index (Phi) is 3.39. The highest BCUT2D eigenvalue weighted by Crippen LogP contribution is 2.64. The largest absolute Gasteiger partial charge is 0.299 e. The van der Waals surface area contributed by atoms with Gasteiger partial charge in [0.25, 0.3) is 0 Å². The maximum Gasteiger partial charge on any atom is 0.138 e. The molecule has 0 aromatic heterocycles. The molecule has 0 spiro atoms. The number of rotatable bonds is 0. The number of ketones is 2. The minimum Gasteiger partial charge on any atom is -0.299 e. The molecule has 0 bridgehead atoms. The molecule has 0 radical (unpaired) electrons. The topological polar surface area (TPSA) is 57.9 Å². The molecular weight excluding hydrogens is 298 g/mol. The summed E-state index contributed by atoms with van der Waals surface area (Å²) in [5.41, 5.74) is 2.17. The summed E-state index contributed by atoms with van der Waals surface area (Å²) in [7, 11) is 0. The highest BCUT2D eigenvalue weighted by molar-refractivity contribution is 5.88. The van der Waals surface area contributed by atoms with Crippen LogP contribution in [0.2, 0.25) is 0 Å². The molecule has 0 N–H and O–H groups in total. The number of hydrogen-bond acceptors (Lipinski definition) is 3. The lowest BCUT2D eigenvalue weighted by Crippen LogP contribution is -2.53. The molecule has 1 unspecified atom stereocenters. The first-order valence-electron chi connectivity index (χ1n) is 9.23. The van der Waals surface area contributed by atoms with E-state index in [1.165, 1.54) is 11.1 Å². The van der Waals surface area contributed by atoms with Crippen LogP contribution in [0.25, 0.3) is 0 Å². The highest BCUT2D eigenvalue weighted by Gasteiger charge is 2.60. The van der Waals surface area contributed by atoms with E-state index in [-0.39, 0.29) is 16.7 Å². The molecule has 0 heterocycles. The summed E-state index contributed by atoms with van der Waals surface area (Å²) < 4.78 is 0. The lowest BCUT2D eigenvalue weighted by atomic mass is 9.47. The van der Waals surface area contributed by atoms with E-state index < -0.39 is 0 Å². The standard InChI is InChI=1S/C21H25NO2/c1-20-9-7-15(23)11-14(20)3-5-16-17-6-4-13(8-10-22)21(17,2)12-18(24)19(16)20/h3,8,16-17,19H,4-7,9,11-12H2,1-2H3/b13-8-/t16-,17-,19+,20?,21+/m0/s1. The first kappa shape index (κ1) is 15.8. The molecule has 3 nitrogen and oxygen atoms in total. The zero-order chi connectivity index (χ0) is 17.1. The smallest absolute Gasteiger partial charge is 0.138 e. The average Bonchev–Trinajstić information content (AvgIpc) is 2.84. The predicted molar refractivity (Wildman–Crippen MR) is 90.8 cm³/mol. The summed E-state index contributed by atoms with van der Waals surface area (Å²) >= 11 is 0. The number of hydrogen-bond donors (Lipinski definition) is 0. The quantitative estimate of drug-likeness (QED) is 0.497. The molecule has 4 rings (SSSR count).